The van der Waals surface area contributed by atoms with Crippen LogP contribution in [0.15, 0.2) is 40.9 Å². The minimum Gasteiger partial charge on any atom is -0.481 e. The predicted molar refractivity (Wildman–Crippen MR) is 110 cm³/mol. The van der Waals surface area contributed by atoms with Crippen LogP contribution in [0.4, 0.5) is 23.2 Å². The first-order valence-electron chi connectivity index (χ1n) is 9.63. The van der Waals surface area contributed by atoms with Gasteiger partial charge in [-0.3, -0.25) is 9.59 Å². The summed E-state index contributed by atoms with van der Waals surface area (Å²) in [7, 11) is 0. The Morgan fingerprint density at radius 2 is 1.88 bits per heavy atom. The molecule has 0 radical (unpaired) electrons. The van der Waals surface area contributed by atoms with Crippen molar-refractivity contribution < 1.29 is 32.3 Å². The number of rotatable bonds is 4. The zero-order valence-electron chi connectivity index (χ0n) is 16.4. The van der Waals surface area contributed by atoms with Crippen molar-refractivity contribution in [1.29, 1.82) is 5.26 Å². The summed E-state index contributed by atoms with van der Waals surface area (Å²) in [6.45, 7) is 0. The van der Waals surface area contributed by atoms with Gasteiger partial charge in [-0.15, -0.1) is 0 Å². The Labute approximate surface area is 189 Å². The number of carboxylic acid groups (broad SMARTS) is 1. The van der Waals surface area contributed by atoms with Crippen molar-refractivity contribution in [2.45, 2.75) is 31.4 Å². The summed E-state index contributed by atoms with van der Waals surface area (Å²) >= 11 is 3.25. The zero-order valence-corrected chi connectivity index (χ0v) is 18.0. The molecule has 2 N–H and O–H groups in total. The summed E-state index contributed by atoms with van der Waals surface area (Å²) < 4.78 is 52.9. The minimum atomic E-state index is -4.73. The molecular formula is C22H17BrF4N2O3. The first kappa shape index (κ1) is 23.7. The van der Waals surface area contributed by atoms with Gasteiger partial charge in [-0.25, -0.2) is 4.39 Å². The van der Waals surface area contributed by atoms with E-state index in [0.717, 1.165) is 6.07 Å². The van der Waals surface area contributed by atoms with E-state index in [1.54, 1.807) is 18.2 Å². The molecule has 0 bridgehead atoms. The molecule has 0 aliphatic heterocycles. The summed E-state index contributed by atoms with van der Waals surface area (Å²) in [4.78, 5) is 24.9. The van der Waals surface area contributed by atoms with Gasteiger partial charge in [0.05, 0.1) is 28.7 Å². The molecule has 1 amide bonds. The molecule has 1 fully saturated rings. The van der Waals surface area contributed by atoms with E-state index in [9.17, 15) is 37.5 Å². The van der Waals surface area contributed by atoms with Crippen LogP contribution in [0.1, 0.15) is 41.9 Å². The third kappa shape index (κ3) is 4.93. The largest absolute Gasteiger partial charge is 0.481 e. The van der Waals surface area contributed by atoms with Crippen LogP contribution in [0.25, 0.3) is 0 Å². The summed E-state index contributed by atoms with van der Waals surface area (Å²) in [6.07, 6.45) is -3.52. The highest BCUT2D eigenvalue weighted by Gasteiger charge is 2.43. The number of carbonyl (C=O) groups is 2. The number of carbonyl (C=O) groups excluding carboxylic acids is 1. The maximum atomic E-state index is 14.2. The first-order valence-corrected chi connectivity index (χ1v) is 10.4. The molecule has 32 heavy (non-hydrogen) atoms. The fraction of sp³-hybridized carbons (Fsp3) is 0.318. The van der Waals surface area contributed by atoms with Gasteiger partial charge in [-0.2, -0.15) is 18.4 Å². The van der Waals surface area contributed by atoms with E-state index < -0.39 is 52.9 Å². The lowest BCUT2D eigenvalue weighted by molar-refractivity contribution is -0.148. The van der Waals surface area contributed by atoms with Gasteiger partial charge in [0.1, 0.15) is 11.9 Å². The molecule has 1 saturated carbocycles. The molecule has 10 heteroatoms. The SMILES string of the molecule is N#Cc1cc([C@H]2CCC[C@@H](C(=O)Nc3ccc(C(F)(F)F)cc3F)[C@@H]2C(=O)O)ccc1Br. The number of nitriles is 1. The van der Waals surface area contributed by atoms with E-state index >= 15 is 0 Å². The Hall–Kier alpha value is -2.93. The normalized spacial score (nSPS) is 20.9. The predicted octanol–water partition coefficient (Wildman–Crippen LogP) is 5.70. The molecule has 0 spiro atoms. The molecule has 168 valence electrons. The molecule has 3 rings (SSSR count). The molecule has 2 aromatic carbocycles. The highest BCUT2D eigenvalue weighted by Crippen LogP contribution is 2.43. The number of amides is 1. The number of anilines is 1. The van der Waals surface area contributed by atoms with Crippen LogP contribution in [0.5, 0.6) is 0 Å². The van der Waals surface area contributed by atoms with Crippen LogP contribution >= 0.6 is 15.9 Å². The van der Waals surface area contributed by atoms with Gasteiger partial charge in [-0.1, -0.05) is 12.5 Å². The monoisotopic (exact) mass is 512 g/mol. The van der Waals surface area contributed by atoms with Gasteiger partial charge in [0, 0.05) is 4.47 Å². The van der Waals surface area contributed by atoms with Crippen molar-refractivity contribution in [3.8, 4) is 6.07 Å². The smallest absolute Gasteiger partial charge is 0.416 e. The van der Waals surface area contributed by atoms with Gasteiger partial charge < -0.3 is 10.4 Å². The highest BCUT2D eigenvalue weighted by atomic mass is 79.9. The topological polar surface area (TPSA) is 90.2 Å². The Morgan fingerprint density at radius 1 is 1.16 bits per heavy atom. The molecular weight excluding hydrogens is 496 g/mol. The number of halogens is 5. The molecule has 3 atom stereocenters. The molecule has 1 aliphatic rings. The third-order valence-corrected chi connectivity index (χ3v) is 6.30. The minimum absolute atomic E-state index is 0.225. The number of hydrogen-bond donors (Lipinski definition) is 2. The van der Waals surface area contributed by atoms with E-state index in [1.165, 1.54) is 0 Å². The van der Waals surface area contributed by atoms with Crippen LogP contribution in [0, 0.1) is 29.0 Å². The maximum Gasteiger partial charge on any atom is 0.416 e. The number of carboxylic acids is 1. The number of nitrogens with zero attached hydrogens (tertiary/aromatic N) is 1. The molecule has 5 nitrogen and oxygen atoms in total. The number of hydrogen-bond acceptors (Lipinski definition) is 3. The molecule has 0 saturated heterocycles. The second-order valence-electron chi connectivity index (χ2n) is 7.54. The van der Waals surface area contributed by atoms with Crippen molar-refractivity contribution in [3.63, 3.8) is 0 Å². The lowest BCUT2D eigenvalue weighted by Gasteiger charge is -2.35. The van der Waals surface area contributed by atoms with Crippen LogP contribution in [-0.4, -0.2) is 17.0 Å². The highest BCUT2D eigenvalue weighted by molar-refractivity contribution is 9.10. The average Bonchev–Trinajstić information content (AvgIpc) is 2.74. The lowest BCUT2D eigenvalue weighted by Crippen LogP contribution is -2.40. The maximum absolute atomic E-state index is 14.2. The Kier molecular flexibility index (Phi) is 6.88. The third-order valence-electron chi connectivity index (χ3n) is 5.61. The van der Waals surface area contributed by atoms with Crippen LogP contribution in [-0.2, 0) is 15.8 Å². The molecule has 0 aromatic heterocycles. The molecule has 2 aromatic rings. The van der Waals surface area contributed by atoms with E-state index in [1.807, 2.05) is 6.07 Å². The van der Waals surface area contributed by atoms with Gasteiger partial charge >= 0.3 is 12.1 Å². The van der Waals surface area contributed by atoms with E-state index in [-0.39, 0.29) is 12.5 Å². The summed E-state index contributed by atoms with van der Waals surface area (Å²) in [6, 6.07) is 8.62. The average molecular weight is 513 g/mol. The van der Waals surface area contributed by atoms with E-state index in [0.29, 0.717) is 34.5 Å². The van der Waals surface area contributed by atoms with Crippen molar-refractivity contribution in [2.75, 3.05) is 5.32 Å². The lowest BCUT2D eigenvalue weighted by atomic mass is 9.69. The molecule has 1 aliphatic carbocycles. The number of alkyl halides is 3. The van der Waals surface area contributed by atoms with Crippen molar-refractivity contribution >= 4 is 33.5 Å². The summed E-state index contributed by atoms with van der Waals surface area (Å²) in [5.41, 5.74) is -0.734. The first-order chi connectivity index (χ1) is 15.0. The van der Waals surface area contributed by atoms with E-state index in [2.05, 4.69) is 21.2 Å². The number of aliphatic carboxylic acids is 1. The van der Waals surface area contributed by atoms with Crippen LogP contribution in [0.2, 0.25) is 0 Å². The summed E-state index contributed by atoms with van der Waals surface area (Å²) in [5, 5.41) is 21.4. The quantitative estimate of drug-likeness (QED) is 0.514. The molecule has 0 unspecified atom stereocenters. The van der Waals surface area contributed by atoms with E-state index in [4.69, 9.17) is 0 Å². The number of benzene rings is 2. The standard InChI is InChI=1S/C22H17BrF4N2O3/c23-16-6-4-11(8-12(16)10-28)14-2-1-3-15(19(14)21(31)32)20(30)29-18-7-5-13(9-17(18)24)22(25,26)27/h4-9,14-15,19H,1-3H2,(H,29,30)(H,31,32)/t14-,15-,19-/m1/s1. The Bertz CT molecular complexity index is 1100. The zero-order chi connectivity index (χ0) is 23.6. The van der Waals surface area contributed by atoms with Crippen LogP contribution in [0.3, 0.4) is 0 Å². The van der Waals surface area contributed by atoms with Crippen molar-refractivity contribution in [3.05, 3.63) is 63.4 Å². The fourth-order valence-corrected chi connectivity index (χ4v) is 4.42. The van der Waals surface area contributed by atoms with Gasteiger partial charge in [-0.05, 0) is 70.6 Å². The van der Waals surface area contributed by atoms with Crippen molar-refractivity contribution in [1.82, 2.24) is 0 Å². The second-order valence-corrected chi connectivity index (χ2v) is 8.39. The number of nitrogens with one attached hydrogen (secondary N) is 1. The van der Waals surface area contributed by atoms with Crippen LogP contribution < -0.4 is 5.32 Å². The summed E-state index contributed by atoms with van der Waals surface area (Å²) in [5.74, 6) is -5.99. The van der Waals surface area contributed by atoms with Gasteiger partial charge in [0.2, 0.25) is 5.91 Å². The fourth-order valence-electron chi connectivity index (χ4n) is 4.09. The Balaban J connectivity index is 1.87. The van der Waals surface area contributed by atoms with Crippen molar-refractivity contribution in [2.24, 2.45) is 11.8 Å². The molecule has 0 heterocycles. The second kappa shape index (κ2) is 9.28. The van der Waals surface area contributed by atoms with Gasteiger partial charge in [0.25, 0.3) is 0 Å². The van der Waals surface area contributed by atoms with Gasteiger partial charge in [0.15, 0.2) is 0 Å². The Morgan fingerprint density at radius 3 is 2.47 bits per heavy atom.